The van der Waals surface area contributed by atoms with Crippen molar-refractivity contribution in [2.24, 2.45) is 5.73 Å². The Morgan fingerprint density at radius 3 is 2.71 bits per heavy atom. The SMILES string of the molecule is Cl.N[C@@H]1CCCN(C(=O)Cc2ccc3ccccc3c2)C1. The van der Waals surface area contributed by atoms with Crippen LogP contribution in [-0.2, 0) is 11.2 Å². The Morgan fingerprint density at radius 2 is 1.95 bits per heavy atom. The summed E-state index contributed by atoms with van der Waals surface area (Å²) in [6, 6.07) is 14.6. The van der Waals surface area contributed by atoms with Gasteiger partial charge in [-0.05, 0) is 29.2 Å². The smallest absolute Gasteiger partial charge is 0.227 e. The van der Waals surface area contributed by atoms with Gasteiger partial charge in [-0.15, -0.1) is 12.4 Å². The Morgan fingerprint density at radius 1 is 1.19 bits per heavy atom. The van der Waals surface area contributed by atoms with Crippen LogP contribution in [0.4, 0.5) is 0 Å². The fourth-order valence-electron chi connectivity index (χ4n) is 2.87. The van der Waals surface area contributed by atoms with Crippen molar-refractivity contribution in [2.45, 2.75) is 25.3 Å². The zero-order valence-electron chi connectivity index (χ0n) is 12.0. The number of likely N-dealkylation sites (tertiary alicyclic amines) is 1. The van der Waals surface area contributed by atoms with Gasteiger partial charge in [0.15, 0.2) is 0 Å². The lowest BCUT2D eigenvalue weighted by molar-refractivity contribution is -0.131. The zero-order chi connectivity index (χ0) is 13.9. The van der Waals surface area contributed by atoms with Crippen molar-refractivity contribution in [3.63, 3.8) is 0 Å². The van der Waals surface area contributed by atoms with Crippen molar-refractivity contribution in [2.75, 3.05) is 13.1 Å². The highest BCUT2D eigenvalue weighted by molar-refractivity contribution is 5.86. The highest BCUT2D eigenvalue weighted by Gasteiger charge is 2.21. The predicted molar refractivity (Wildman–Crippen MR) is 88.7 cm³/mol. The lowest BCUT2D eigenvalue weighted by Gasteiger charge is -2.30. The minimum atomic E-state index is 0. The Kier molecular flexibility index (Phi) is 5.21. The summed E-state index contributed by atoms with van der Waals surface area (Å²) in [5, 5.41) is 2.40. The van der Waals surface area contributed by atoms with Gasteiger partial charge in [-0.1, -0.05) is 42.5 Å². The molecule has 0 radical (unpaired) electrons. The summed E-state index contributed by atoms with van der Waals surface area (Å²) in [7, 11) is 0. The summed E-state index contributed by atoms with van der Waals surface area (Å²) < 4.78 is 0. The zero-order valence-corrected chi connectivity index (χ0v) is 12.8. The summed E-state index contributed by atoms with van der Waals surface area (Å²) in [5.41, 5.74) is 7.01. The van der Waals surface area contributed by atoms with Crippen molar-refractivity contribution in [1.82, 2.24) is 4.90 Å². The molecule has 0 spiro atoms. The van der Waals surface area contributed by atoms with Gasteiger partial charge in [0.1, 0.15) is 0 Å². The molecule has 1 atom stereocenters. The molecule has 1 heterocycles. The number of piperidine rings is 1. The van der Waals surface area contributed by atoms with Crippen LogP contribution in [-0.4, -0.2) is 29.9 Å². The molecule has 0 unspecified atom stereocenters. The fraction of sp³-hybridized carbons (Fsp3) is 0.353. The van der Waals surface area contributed by atoms with E-state index in [0.29, 0.717) is 13.0 Å². The van der Waals surface area contributed by atoms with Crippen molar-refractivity contribution >= 4 is 29.1 Å². The van der Waals surface area contributed by atoms with E-state index in [1.54, 1.807) is 0 Å². The van der Waals surface area contributed by atoms with Gasteiger partial charge >= 0.3 is 0 Å². The van der Waals surface area contributed by atoms with Crippen LogP contribution in [0.2, 0.25) is 0 Å². The second kappa shape index (κ2) is 6.92. The number of rotatable bonds is 2. The third kappa shape index (κ3) is 3.74. The number of halogens is 1. The topological polar surface area (TPSA) is 46.3 Å². The number of amides is 1. The van der Waals surface area contributed by atoms with Gasteiger partial charge in [-0.25, -0.2) is 0 Å². The van der Waals surface area contributed by atoms with Crippen molar-refractivity contribution in [3.8, 4) is 0 Å². The third-order valence-electron chi connectivity index (χ3n) is 3.98. The molecule has 1 saturated heterocycles. The van der Waals surface area contributed by atoms with E-state index in [4.69, 9.17) is 5.73 Å². The first-order valence-electron chi connectivity index (χ1n) is 7.23. The Labute approximate surface area is 131 Å². The molecule has 2 aromatic rings. The number of hydrogen-bond acceptors (Lipinski definition) is 2. The number of benzene rings is 2. The van der Waals surface area contributed by atoms with Crippen LogP contribution in [0, 0.1) is 0 Å². The van der Waals surface area contributed by atoms with Crippen LogP contribution in [0.1, 0.15) is 18.4 Å². The second-order valence-electron chi connectivity index (χ2n) is 5.60. The maximum absolute atomic E-state index is 12.3. The van der Waals surface area contributed by atoms with E-state index in [2.05, 4.69) is 24.3 Å². The van der Waals surface area contributed by atoms with E-state index in [0.717, 1.165) is 24.9 Å². The van der Waals surface area contributed by atoms with Crippen molar-refractivity contribution < 1.29 is 4.79 Å². The molecule has 3 rings (SSSR count). The summed E-state index contributed by atoms with van der Waals surface area (Å²) in [6.45, 7) is 1.55. The molecule has 21 heavy (non-hydrogen) atoms. The lowest BCUT2D eigenvalue weighted by Crippen LogP contribution is -2.46. The molecule has 1 aliphatic heterocycles. The van der Waals surface area contributed by atoms with Gasteiger partial charge in [0.2, 0.25) is 5.91 Å². The first-order valence-corrected chi connectivity index (χ1v) is 7.23. The highest BCUT2D eigenvalue weighted by atomic mass is 35.5. The van der Waals surface area contributed by atoms with E-state index in [-0.39, 0.29) is 24.4 Å². The maximum atomic E-state index is 12.3. The first kappa shape index (κ1) is 15.8. The van der Waals surface area contributed by atoms with Gasteiger partial charge in [-0.3, -0.25) is 4.79 Å². The van der Waals surface area contributed by atoms with Crippen molar-refractivity contribution in [3.05, 3.63) is 48.0 Å². The van der Waals surface area contributed by atoms with Gasteiger partial charge in [0.25, 0.3) is 0 Å². The van der Waals surface area contributed by atoms with E-state index in [1.165, 1.54) is 10.8 Å². The molecule has 0 aromatic heterocycles. The number of nitrogens with zero attached hydrogens (tertiary/aromatic N) is 1. The molecule has 4 heteroatoms. The molecule has 1 aliphatic rings. The maximum Gasteiger partial charge on any atom is 0.227 e. The van der Waals surface area contributed by atoms with Crippen LogP contribution in [0.5, 0.6) is 0 Å². The molecule has 2 N–H and O–H groups in total. The Bertz CT molecular complexity index is 629. The second-order valence-corrected chi connectivity index (χ2v) is 5.60. The molecular formula is C17H21ClN2O. The fourth-order valence-corrected chi connectivity index (χ4v) is 2.87. The molecule has 0 aliphatic carbocycles. The number of carbonyl (C=O) groups is 1. The molecule has 0 saturated carbocycles. The van der Waals surface area contributed by atoms with E-state index in [9.17, 15) is 4.79 Å². The number of fused-ring (bicyclic) bond motifs is 1. The first-order chi connectivity index (χ1) is 9.72. The predicted octanol–water partition coefficient (Wildman–Crippen LogP) is 2.75. The molecule has 0 bridgehead atoms. The third-order valence-corrected chi connectivity index (χ3v) is 3.98. The minimum absolute atomic E-state index is 0. The molecular weight excluding hydrogens is 284 g/mol. The standard InChI is InChI=1S/C17H20N2O.ClH/c18-16-6-3-9-19(12-16)17(20)11-13-7-8-14-4-1-2-5-15(14)10-13;/h1-2,4-5,7-8,10,16H,3,6,9,11-12,18H2;1H/t16-;/m1./s1. The van der Waals surface area contributed by atoms with Crippen LogP contribution in [0.3, 0.4) is 0 Å². The number of hydrogen-bond donors (Lipinski definition) is 1. The molecule has 3 nitrogen and oxygen atoms in total. The highest BCUT2D eigenvalue weighted by Crippen LogP contribution is 2.17. The average Bonchev–Trinajstić information content (AvgIpc) is 2.47. The summed E-state index contributed by atoms with van der Waals surface area (Å²) in [4.78, 5) is 14.2. The van der Waals surface area contributed by atoms with Crippen LogP contribution in [0.25, 0.3) is 10.8 Å². The van der Waals surface area contributed by atoms with Gasteiger partial charge in [-0.2, -0.15) is 0 Å². The number of nitrogens with two attached hydrogens (primary N) is 1. The van der Waals surface area contributed by atoms with Gasteiger partial charge in [0, 0.05) is 19.1 Å². The normalized spacial score (nSPS) is 18.3. The summed E-state index contributed by atoms with van der Waals surface area (Å²) in [6.07, 6.45) is 2.52. The molecule has 112 valence electrons. The Balaban J connectivity index is 0.00000161. The van der Waals surface area contributed by atoms with Crippen molar-refractivity contribution in [1.29, 1.82) is 0 Å². The monoisotopic (exact) mass is 304 g/mol. The molecule has 1 fully saturated rings. The van der Waals surface area contributed by atoms with E-state index >= 15 is 0 Å². The Hall–Kier alpha value is -1.58. The van der Waals surface area contributed by atoms with Gasteiger partial charge < -0.3 is 10.6 Å². The quantitative estimate of drug-likeness (QED) is 0.927. The summed E-state index contributed by atoms with van der Waals surface area (Å²) in [5.74, 6) is 0.190. The van der Waals surface area contributed by atoms with Gasteiger partial charge in [0.05, 0.1) is 6.42 Å². The molecule has 2 aromatic carbocycles. The molecule has 1 amide bonds. The minimum Gasteiger partial charge on any atom is -0.341 e. The van der Waals surface area contributed by atoms with Crippen LogP contribution in [0.15, 0.2) is 42.5 Å². The van der Waals surface area contributed by atoms with Crippen LogP contribution < -0.4 is 5.73 Å². The average molecular weight is 305 g/mol. The number of carbonyl (C=O) groups excluding carboxylic acids is 1. The lowest BCUT2D eigenvalue weighted by atomic mass is 10.0. The largest absolute Gasteiger partial charge is 0.341 e. The van der Waals surface area contributed by atoms with Crippen LogP contribution >= 0.6 is 12.4 Å². The summed E-state index contributed by atoms with van der Waals surface area (Å²) >= 11 is 0. The van der Waals surface area contributed by atoms with E-state index < -0.39 is 0 Å². The van der Waals surface area contributed by atoms with E-state index in [1.807, 2.05) is 23.1 Å².